The number of aliphatic carboxylic acids is 2. The van der Waals surface area contributed by atoms with Crippen molar-refractivity contribution in [2.24, 2.45) is 5.41 Å². The standard InChI is InChI=1S/C32H38ClN3O9/c1-18(33)9-7-10-19(2)35(6)27(39)22-11-8-16-36(22)28(40)25(31(3,4)5)34-24(37)15-13-20-12-14-23-21(17-20)26(38)32(45-23,29(41)42)30(43)44/h7,9-10,12-15,17,22,25-26,38H,2,8,11,16H2,1,3-6H3,(H,34,37)(H,41,42)(H,43,44)/b10-7-,15-13+,18-9+. The normalized spacial score (nSPS) is 20.1. The van der Waals surface area contributed by atoms with Crippen molar-refractivity contribution >= 4 is 47.3 Å². The number of carbonyl (C=O) groups excluding carboxylic acids is 3. The Balaban J connectivity index is 1.76. The summed E-state index contributed by atoms with van der Waals surface area (Å²) in [7, 11) is 1.58. The number of carbonyl (C=O) groups is 5. The number of ether oxygens (including phenoxy) is 1. The van der Waals surface area contributed by atoms with Gasteiger partial charge in [0.25, 0.3) is 0 Å². The van der Waals surface area contributed by atoms with Crippen LogP contribution in [0.25, 0.3) is 6.08 Å². The molecular formula is C32H38ClN3O9. The van der Waals surface area contributed by atoms with E-state index in [1.807, 2.05) is 0 Å². The van der Waals surface area contributed by atoms with Gasteiger partial charge in [-0.3, -0.25) is 14.4 Å². The number of aliphatic hydroxyl groups excluding tert-OH is 1. The Morgan fingerprint density at radius 2 is 1.82 bits per heavy atom. The molecule has 1 fully saturated rings. The van der Waals surface area contributed by atoms with E-state index >= 15 is 0 Å². The number of nitrogens with zero attached hydrogens (tertiary/aromatic N) is 2. The number of halogens is 1. The van der Waals surface area contributed by atoms with Crippen molar-refractivity contribution in [3.63, 3.8) is 0 Å². The largest absolute Gasteiger partial charge is 0.478 e. The Hall–Kier alpha value is -4.42. The van der Waals surface area contributed by atoms with E-state index in [4.69, 9.17) is 16.3 Å². The van der Waals surface area contributed by atoms with Gasteiger partial charge in [0, 0.05) is 36.0 Å². The molecule has 3 atom stereocenters. The van der Waals surface area contributed by atoms with Crippen LogP contribution in [-0.4, -0.2) is 86.1 Å². The summed E-state index contributed by atoms with van der Waals surface area (Å²) in [6.45, 7) is 11.3. The van der Waals surface area contributed by atoms with Crippen molar-refractivity contribution in [2.45, 2.75) is 64.3 Å². The van der Waals surface area contributed by atoms with Gasteiger partial charge in [-0.2, -0.15) is 0 Å². The Labute approximate surface area is 266 Å². The van der Waals surface area contributed by atoms with Crippen molar-refractivity contribution in [1.29, 1.82) is 0 Å². The monoisotopic (exact) mass is 643 g/mol. The van der Waals surface area contributed by atoms with Gasteiger partial charge in [0.1, 0.15) is 23.9 Å². The molecule has 242 valence electrons. The molecule has 1 aromatic carbocycles. The maximum Gasteiger partial charge on any atom is 0.363 e. The van der Waals surface area contributed by atoms with Crippen molar-refractivity contribution in [1.82, 2.24) is 15.1 Å². The van der Waals surface area contributed by atoms with E-state index in [2.05, 4.69) is 11.9 Å². The molecule has 4 N–H and O–H groups in total. The summed E-state index contributed by atoms with van der Waals surface area (Å²) in [5.41, 5.74) is -2.93. The molecule has 12 nitrogen and oxygen atoms in total. The number of likely N-dealkylation sites (N-methyl/N-ethyl adjacent to an activating group) is 1. The maximum atomic E-state index is 13.8. The number of allylic oxidation sites excluding steroid dienone is 4. The molecule has 2 aliphatic heterocycles. The molecule has 0 bridgehead atoms. The topological polar surface area (TPSA) is 174 Å². The Bertz CT molecular complexity index is 1470. The number of carboxylic acid groups (broad SMARTS) is 2. The lowest BCUT2D eigenvalue weighted by Gasteiger charge is -2.36. The summed E-state index contributed by atoms with van der Waals surface area (Å²) in [6, 6.07) is 2.34. The van der Waals surface area contributed by atoms with E-state index in [-0.39, 0.29) is 17.2 Å². The summed E-state index contributed by atoms with van der Waals surface area (Å²) in [5.74, 6) is -5.18. The summed E-state index contributed by atoms with van der Waals surface area (Å²) in [5, 5.41) is 32.7. The molecule has 0 saturated carbocycles. The zero-order valence-corrected chi connectivity index (χ0v) is 26.5. The third kappa shape index (κ3) is 7.46. The minimum atomic E-state index is -2.89. The average Bonchev–Trinajstić information content (AvgIpc) is 3.56. The number of nitrogens with one attached hydrogen (secondary N) is 1. The molecule has 2 aliphatic rings. The van der Waals surface area contributed by atoms with E-state index in [0.717, 1.165) is 6.08 Å². The Morgan fingerprint density at radius 1 is 1.18 bits per heavy atom. The Kier molecular flexibility index (Phi) is 10.7. The predicted octanol–water partition coefficient (Wildman–Crippen LogP) is 3.23. The van der Waals surface area contributed by atoms with Gasteiger partial charge in [-0.1, -0.05) is 51.1 Å². The lowest BCUT2D eigenvalue weighted by atomic mass is 9.85. The van der Waals surface area contributed by atoms with E-state index in [0.29, 0.717) is 35.7 Å². The zero-order valence-electron chi connectivity index (χ0n) is 25.7. The van der Waals surface area contributed by atoms with Crippen LogP contribution in [0, 0.1) is 5.41 Å². The quantitative estimate of drug-likeness (QED) is 0.170. The third-order valence-corrected chi connectivity index (χ3v) is 7.77. The lowest BCUT2D eigenvalue weighted by Crippen LogP contribution is -2.57. The molecule has 0 radical (unpaired) electrons. The van der Waals surface area contributed by atoms with Gasteiger partial charge in [-0.25, -0.2) is 9.59 Å². The van der Waals surface area contributed by atoms with E-state index < -0.39 is 53.0 Å². The Morgan fingerprint density at radius 3 is 2.40 bits per heavy atom. The van der Waals surface area contributed by atoms with Gasteiger partial charge in [0.15, 0.2) is 0 Å². The fraction of sp³-hybridized carbons (Fsp3) is 0.406. The highest BCUT2D eigenvalue weighted by Gasteiger charge is 2.61. The molecular weight excluding hydrogens is 606 g/mol. The molecule has 1 aromatic rings. The van der Waals surface area contributed by atoms with Crippen molar-refractivity contribution in [3.8, 4) is 5.75 Å². The molecule has 3 amide bonds. The van der Waals surface area contributed by atoms with Crippen molar-refractivity contribution in [2.75, 3.05) is 13.6 Å². The van der Waals surface area contributed by atoms with Crippen LogP contribution in [0.1, 0.15) is 57.8 Å². The highest BCUT2D eigenvalue weighted by Crippen LogP contribution is 2.44. The minimum Gasteiger partial charge on any atom is -0.478 e. The highest BCUT2D eigenvalue weighted by molar-refractivity contribution is 6.29. The van der Waals surface area contributed by atoms with Crippen LogP contribution in [0.4, 0.5) is 0 Å². The van der Waals surface area contributed by atoms with Crippen LogP contribution in [0.2, 0.25) is 0 Å². The third-order valence-electron chi connectivity index (χ3n) is 7.64. The minimum absolute atomic E-state index is 0.0661. The SMILES string of the molecule is C=C(/C=C\C=C(/C)Cl)N(C)C(=O)C1CCCN1C(=O)C(NC(=O)/C=C/c1ccc2c(c1)C(O)C(C(=O)O)(C(=O)O)O2)C(C)(C)C. The first-order chi connectivity index (χ1) is 20.9. The number of carboxylic acids is 2. The van der Waals surface area contributed by atoms with Crippen LogP contribution in [0.5, 0.6) is 5.75 Å². The molecule has 13 heteroatoms. The molecule has 1 saturated heterocycles. The lowest BCUT2D eigenvalue weighted by molar-refractivity contribution is -0.180. The van der Waals surface area contributed by atoms with Crippen LogP contribution < -0.4 is 10.1 Å². The summed E-state index contributed by atoms with van der Waals surface area (Å²) in [4.78, 5) is 66.4. The van der Waals surface area contributed by atoms with Crippen molar-refractivity contribution in [3.05, 3.63) is 70.9 Å². The molecule has 0 aromatic heterocycles. The summed E-state index contributed by atoms with van der Waals surface area (Å²) in [6.07, 6.45) is 6.56. The van der Waals surface area contributed by atoms with Crippen molar-refractivity contribution < 1.29 is 44.0 Å². The molecule has 0 aliphatic carbocycles. The smallest absolute Gasteiger partial charge is 0.363 e. The second kappa shape index (κ2) is 13.7. The van der Waals surface area contributed by atoms with Crippen LogP contribution >= 0.6 is 11.6 Å². The number of fused-ring (bicyclic) bond motifs is 1. The van der Waals surface area contributed by atoms with Gasteiger partial charge < -0.3 is 35.2 Å². The van der Waals surface area contributed by atoms with Crippen LogP contribution in [0.15, 0.2) is 59.8 Å². The number of amides is 3. The van der Waals surface area contributed by atoms with Crippen LogP contribution in [-0.2, 0) is 24.0 Å². The predicted molar refractivity (Wildman–Crippen MR) is 166 cm³/mol. The second-order valence-corrected chi connectivity index (χ2v) is 12.6. The van der Waals surface area contributed by atoms with E-state index in [1.165, 1.54) is 34.1 Å². The average molecular weight is 644 g/mol. The first-order valence-corrected chi connectivity index (χ1v) is 14.5. The maximum absolute atomic E-state index is 13.8. The first kappa shape index (κ1) is 35.1. The molecule has 45 heavy (non-hydrogen) atoms. The molecule has 2 heterocycles. The highest BCUT2D eigenvalue weighted by atomic mass is 35.5. The van der Waals surface area contributed by atoms with E-state index in [9.17, 15) is 39.3 Å². The number of aliphatic hydroxyl groups is 1. The molecule has 0 spiro atoms. The zero-order chi connectivity index (χ0) is 33.9. The van der Waals surface area contributed by atoms with Gasteiger partial charge in [-0.15, -0.1) is 0 Å². The van der Waals surface area contributed by atoms with Gasteiger partial charge >= 0.3 is 17.5 Å². The van der Waals surface area contributed by atoms with Gasteiger partial charge in [-0.05, 0) is 61.1 Å². The number of likely N-dealkylation sites (tertiary alicyclic amines) is 1. The summed E-state index contributed by atoms with van der Waals surface area (Å²) < 4.78 is 5.12. The molecule has 3 rings (SSSR count). The number of hydrogen-bond acceptors (Lipinski definition) is 7. The van der Waals surface area contributed by atoms with Crippen LogP contribution in [0.3, 0.4) is 0 Å². The molecule has 3 unspecified atom stereocenters. The first-order valence-electron chi connectivity index (χ1n) is 14.2. The summed E-state index contributed by atoms with van der Waals surface area (Å²) >= 11 is 5.84. The number of rotatable bonds is 10. The second-order valence-electron chi connectivity index (χ2n) is 12.0. The van der Waals surface area contributed by atoms with Gasteiger partial charge in [0.2, 0.25) is 17.7 Å². The fourth-order valence-corrected chi connectivity index (χ4v) is 5.14. The van der Waals surface area contributed by atoms with E-state index in [1.54, 1.807) is 53.0 Å². The number of hydrogen-bond donors (Lipinski definition) is 4. The fourth-order valence-electron chi connectivity index (χ4n) is 5.07. The van der Waals surface area contributed by atoms with Gasteiger partial charge in [0.05, 0.1) is 0 Å². The number of benzene rings is 1.